The predicted octanol–water partition coefficient (Wildman–Crippen LogP) is 2.58. The highest BCUT2D eigenvalue weighted by Crippen LogP contribution is 2.42. The molecular formula is C17H30N2O2. The van der Waals surface area contributed by atoms with E-state index in [0.29, 0.717) is 18.0 Å². The first-order valence-electron chi connectivity index (χ1n) is 8.93. The molecule has 1 aliphatic carbocycles. The summed E-state index contributed by atoms with van der Waals surface area (Å²) in [6.45, 7) is 5.73. The number of hydrogen-bond acceptors (Lipinski definition) is 3. The van der Waals surface area contributed by atoms with Gasteiger partial charge in [-0.15, -0.1) is 0 Å². The molecule has 0 aromatic heterocycles. The molecule has 1 saturated carbocycles. The van der Waals surface area contributed by atoms with Crippen LogP contribution >= 0.6 is 0 Å². The van der Waals surface area contributed by atoms with Gasteiger partial charge in [0.1, 0.15) is 6.04 Å². The molecule has 4 nitrogen and oxygen atoms in total. The summed E-state index contributed by atoms with van der Waals surface area (Å²) in [6.07, 6.45) is 9.50. The quantitative estimate of drug-likeness (QED) is 0.865. The van der Waals surface area contributed by atoms with Gasteiger partial charge in [0.25, 0.3) is 0 Å². The third-order valence-electron chi connectivity index (χ3n) is 5.94. The van der Waals surface area contributed by atoms with Crippen LogP contribution in [-0.4, -0.2) is 58.6 Å². The summed E-state index contributed by atoms with van der Waals surface area (Å²) >= 11 is 0. The fourth-order valence-electron chi connectivity index (χ4n) is 5.01. The van der Waals surface area contributed by atoms with Gasteiger partial charge in [0, 0.05) is 12.1 Å². The van der Waals surface area contributed by atoms with Crippen molar-refractivity contribution < 1.29 is 9.90 Å². The summed E-state index contributed by atoms with van der Waals surface area (Å²) < 4.78 is 0. The molecule has 3 atom stereocenters. The van der Waals surface area contributed by atoms with E-state index in [4.69, 9.17) is 0 Å². The lowest BCUT2D eigenvalue weighted by molar-refractivity contribution is -0.144. The lowest BCUT2D eigenvalue weighted by Gasteiger charge is -2.42. The second kappa shape index (κ2) is 6.66. The number of piperidine rings is 1. The molecule has 0 spiro atoms. The highest BCUT2D eigenvalue weighted by molar-refractivity contribution is 5.74. The van der Waals surface area contributed by atoms with Crippen molar-refractivity contribution in [2.75, 3.05) is 19.6 Å². The smallest absolute Gasteiger partial charge is 0.320 e. The number of likely N-dealkylation sites (tertiary alicyclic amines) is 2. The summed E-state index contributed by atoms with van der Waals surface area (Å²) in [7, 11) is 0. The number of carboxylic acid groups (broad SMARTS) is 1. The van der Waals surface area contributed by atoms with Gasteiger partial charge < -0.3 is 10.0 Å². The van der Waals surface area contributed by atoms with Crippen molar-refractivity contribution in [1.82, 2.24) is 9.80 Å². The number of hydrogen-bond donors (Lipinski definition) is 1. The van der Waals surface area contributed by atoms with Crippen LogP contribution in [0.4, 0.5) is 0 Å². The van der Waals surface area contributed by atoms with Crippen LogP contribution in [-0.2, 0) is 4.79 Å². The fraction of sp³-hybridized carbons (Fsp3) is 0.941. The standard InChI is InChI=1S/C17H30N2O2/c1-2-9-18-10-7-14(8-11-18)19-15-6-4-3-5-13(15)12-16(19)17(20)21/h13-16H,2-12H2,1H3,(H,20,21). The predicted molar refractivity (Wildman–Crippen MR) is 83.4 cm³/mol. The van der Waals surface area contributed by atoms with Gasteiger partial charge in [-0.25, -0.2) is 0 Å². The van der Waals surface area contributed by atoms with Crippen LogP contribution in [0.15, 0.2) is 0 Å². The molecule has 2 saturated heterocycles. The Kier molecular flexibility index (Phi) is 4.85. The maximum absolute atomic E-state index is 11.7. The Bertz CT molecular complexity index is 366. The maximum Gasteiger partial charge on any atom is 0.320 e. The van der Waals surface area contributed by atoms with Crippen LogP contribution in [0.3, 0.4) is 0 Å². The van der Waals surface area contributed by atoms with Crippen LogP contribution in [0.25, 0.3) is 0 Å². The summed E-state index contributed by atoms with van der Waals surface area (Å²) in [5, 5.41) is 9.65. The average Bonchev–Trinajstić information content (AvgIpc) is 2.88. The molecule has 3 fully saturated rings. The molecule has 0 bridgehead atoms. The van der Waals surface area contributed by atoms with Crippen LogP contribution in [0.1, 0.15) is 58.3 Å². The molecule has 3 rings (SSSR count). The Morgan fingerprint density at radius 2 is 1.86 bits per heavy atom. The number of carbonyl (C=O) groups is 1. The zero-order chi connectivity index (χ0) is 14.8. The third kappa shape index (κ3) is 3.11. The minimum Gasteiger partial charge on any atom is -0.480 e. The van der Waals surface area contributed by atoms with E-state index in [1.54, 1.807) is 0 Å². The Morgan fingerprint density at radius 3 is 2.52 bits per heavy atom. The first kappa shape index (κ1) is 15.3. The molecule has 0 aromatic rings. The average molecular weight is 294 g/mol. The van der Waals surface area contributed by atoms with E-state index in [-0.39, 0.29) is 6.04 Å². The maximum atomic E-state index is 11.7. The van der Waals surface area contributed by atoms with E-state index in [0.717, 1.165) is 32.4 Å². The van der Waals surface area contributed by atoms with Crippen molar-refractivity contribution in [3.8, 4) is 0 Å². The zero-order valence-corrected chi connectivity index (χ0v) is 13.3. The van der Waals surface area contributed by atoms with Gasteiger partial charge in [0.05, 0.1) is 0 Å². The first-order valence-corrected chi connectivity index (χ1v) is 8.93. The molecule has 2 aliphatic heterocycles. The van der Waals surface area contributed by atoms with Crippen molar-refractivity contribution in [1.29, 1.82) is 0 Å². The van der Waals surface area contributed by atoms with Crippen molar-refractivity contribution >= 4 is 5.97 Å². The van der Waals surface area contributed by atoms with Crippen LogP contribution in [0, 0.1) is 5.92 Å². The Morgan fingerprint density at radius 1 is 1.14 bits per heavy atom. The third-order valence-corrected chi connectivity index (χ3v) is 5.94. The van der Waals surface area contributed by atoms with E-state index in [2.05, 4.69) is 16.7 Å². The molecule has 0 amide bonds. The molecule has 3 unspecified atom stereocenters. The van der Waals surface area contributed by atoms with Crippen molar-refractivity contribution in [2.24, 2.45) is 5.92 Å². The SMILES string of the molecule is CCCN1CCC(N2C(C(=O)O)CC3CCCCC32)CC1. The minimum absolute atomic E-state index is 0.208. The van der Waals surface area contributed by atoms with Gasteiger partial charge >= 0.3 is 5.97 Å². The van der Waals surface area contributed by atoms with Crippen molar-refractivity contribution in [3.63, 3.8) is 0 Å². The number of nitrogens with zero attached hydrogens (tertiary/aromatic N) is 2. The summed E-state index contributed by atoms with van der Waals surface area (Å²) in [5.74, 6) is 0.0638. The molecule has 0 radical (unpaired) electrons. The van der Waals surface area contributed by atoms with Gasteiger partial charge in [-0.3, -0.25) is 9.69 Å². The number of fused-ring (bicyclic) bond motifs is 1. The minimum atomic E-state index is -0.583. The Labute approximate surface area is 128 Å². The summed E-state index contributed by atoms with van der Waals surface area (Å²) in [6, 6.07) is 0.857. The van der Waals surface area contributed by atoms with Crippen LogP contribution < -0.4 is 0 Å². The molecule has 120 valence electrons. The van der Waals surface area contributed by atoms with Gasteiger partial charge in [-0.05, 0) is 64.1 Å². The molecule has 3 aliphatic rings. The first-order chi connectivity index (χ1) is 10.2. The van der Waals surface area contributed by atoms with E-state index >= 15 is 0 Å². The molecule has 4 heteroatoms. The summed E-state index contributed by atoms with van der Waals surface area (Å²) in [5.41, 5.74) is 0. The molecule has 0 aromatic carbocycles. The van der Waals surface area contributed by atoms with Gasteiger partial charge in [-0.1, -0.05) is 19.8 Å². The second-order valence-electron chi connectivity index (χ2n) is 7.22. The molecule has 21 heavy (non-hydrogen) atoms. The van der Waals surface area contributed by atoms with Crippen LogP contribution in [0.2, 0.25) is 0 Å². The lowest BCUT2D eigenvalue weighted by Crippen LogP contribution is -2.52. The largest absolute Gasteiger partial charge is 0.480 e. The van der Waals surface area contributed by atoms with E-state index < -0.39 is 5.97 Å². The van der Waals surface area contributed by atoms with Crippen LogP contribution in [0.5, 0.6) is 0 Å². The van der Waals surface area contributed by atoms with Gasteiger partial charge in [-0.2, -0.15) is 0 Å². The number of rotatable bonds is 4. The van der Waals surface area contributed by atoms with Gasteiger partial charge in [0.15, 0.2) is 0 Å². The zero-order valence-electron chi connectivity index (χ0n) is 13.3. The fourth-order valence-corrected chi connectivity index (χ4v) is 5.01. The molecular weight excluding hydrogens is 264 g/mol. The van der Waals surface area contributed by atoms with E-state index in [9.17, 15) is 9.90 Å². The topological polar surface area (TPSA) is 43.8 Å². The number of carboxylic acids is 1. The second-order valence-corrected chi connectivity index (χ2v) is 7.22. The van der Waals surface area contributed by atoms with Crippen molar-refractivity contribution in [2.45, 2.75) is 76.4 Å². The van der Waals surface area contributed by atoms with E-state index in [1.807, 2.05) is 0 Å². The normalized spacial score (nSPS) is 35.8. The summed E-state index contributed by atoms with van der Waals surface area (Å²) in [4.78, 5) is 16.7. The highest BCUT2D eigenvalue weighted by atomic mass is 16.4. The Hall–Kier alpha value is -0.610. The molecule has 1 N–H and O–H groups in total. The van der Waals surface area contributed by atoms with Crippen molar-refractivity contribution in [3.05, 3.63) is 0 Å². The monoisotopic (exact) mass is 294 g/mol. The lowest BCUT2D eigenvalue weighted by atomic mass is 9.84. The highest BCUT2D eigenvalue weighted by Gasteiger charge is 2.48. The molecule has 2 heterocycles. The van der Waals surface area contributed by atoms with Gasteiger partial charge in [0.2, 0.25) is 0 Å². The Balaban J connectivity index is 1.68. The van der Waals surface area contributed by atoms with E-state index in [1.165, 1.54) is 38.6 Å². The number of aliphatic carboxylic acids is 1.